The molecular weight excluding hydrogens is 426 g/mol. The molecule has 9 heteroatoms. The Morgan fingerprint density at radius 1 is 1.18 bits per heavy atom. The first-order chi connectivity index (χ1) is 15.8. The van der Waals surface area contributed by atoms with Gasteiger partial charge in [0, 0.05) is 5.56 Å². The summed E-state index contributed by atoms with van der Waals surface area (Å²) in [6.45, 7) is 5.72. The maximum atomic E-state index is 12.5. The Morgan fingerprint density at radius 3 is 2.67 bits per heavy atom. The third kappa shape index (κ3) is 8.61. The van der Waals surface area contributed by atoms with E-state index in [4.69, 9.17) is 9.15 Å². The number of ether oxygens (including phenoxy) is 1. The molecule has 1 unspecified atom stereocenters. The first kappa shape index (κ1) is 25.9. The highest BCUT2D eigenvalue weighted by molar-refractivity contribution is 5.92. The monoisotopic (exact) mass is 459 g/mol. The second-order valence-corrected chi connectivity index (χ2v) is 8.00. The fourth-order valence-electron chi connectivity index (χ4n) is 3.27. The Balaban J connectivity index is 1.90. The van der Waals surface area contributed by atoms with Gasteiger partial charge < -0.3 is 19.8 Å². The third-order valence-corrected chi connectivity index (χ3v) is 4.89. The number of nitrogens with zero attached hydrogens (tertiary/aromatic N) is 1. The standard InChI is InChI=1S/C24H33N3O6/c1-4-5-6-8-19(14-27(31)16-28)23(29)25-15-26-24(30)22-12-11-21(33-22)18-9-7-10-20(13-18)32-17(2)3/h7,9-13,16-17,19,31H,4-6,8,14-15H2,1-3H3,(H,25,29)(H,26,30). The highest BCUT2D eigenvalue weighted by Gasteiger charge is 2.21. The van der Waals surface area contributed by atoms with E-state index in [0.717, 1.165) is 24.8 Å². The summed E-state index contributed by atoms with van der Waals surface area (Å²) in [4.78, 5) is 35.6. The van der Waals surface area contributed by atoms with Crippen LogP contribution in [0.15, 0.2) is 40.8 Å². The first-order valence-electron chi connectivity index (χ1n) is 11.2. The molecule has 33 heavy (non-hydrogen) atoms. The summed E-state index contributed by atoms with van der Waals surface area (Å²) in [5.41, 5.74) is 0.777. The van der Waals surface area contributed by atoms with Crippen molar-refractivity contribution in [2.24, 2.45) is 5.92 Å². The molecule has 0 fully saturated rings. The van der Waals surface area contributed by atoms with Gasteiger partial charge in [-0.05, 0) is 44.5 Å². The highest BCUT2D eigenvalue weighted by atomic mass is 16.5. The minimum absolute atomic E-state index is 0.0403. The molecule has 0 saturated carbocycles. The van der Waals surface area contributed by atoms with E-state index in [9.17, 15) is 19.6 Å². The van der Waals surface area contributed by atoms with E-state index >= 15 is 0 Å². The SMILES string of the molecule is CCCCCC(CN(O)C=O)C(=O)NCNC(=O)c1ccc(-c2cccc(OC(C)C)c2)o1. The third-order valence-electron chi connectivity index (χ3n) is 4.89. The van der Waals surface area contributed by atoms with E-state index in [0.29, 0.717) is 23.0 Å². The Kier molecular flexibility index (Phi) is 10.4. The minimum atomic E-state index is -0.570. The molecule has 0 saturated heterocycles. The van der Waals surface area contributed by atoms with E-state index in [1.54, 1.807) is 12.1 Å². The molecule has 0 aliphatic heterocycles. The molecule has 0 spiro atoms. The van der Waals surface area contributed by atoms with E-state index < -0.39 is 11.8 Å². The number of rotatable bonds is 14. The molecule has 0 aliphatic carbocycles. The normalized spacial score (nSPS) is 11.7. The average molecular weight is 460 g/mol. The lowest BCUT2D eigenvalue weighted by molar-refractivity contribution is -0.154. The zero-order chi connectivity index (χ0) is 24.2. The van der Waals surface area contributed by atoms with Crippen molar-refractivity contribution < 1.29 is 28.7 Å². The number of hydrogen-bond donors (Lipinski definition) is 3. The van der Waals surface area contributed by atoms with Crippen LogP contribution >= 0.6 is 0 Å². The fraction of sp³-hybridized carbons (Fsp3) is 0.458. The van der Waals surface area contributed by atoms with Crippen molar-refractivity contribution in [3.05, 3.63) is 42.2 Å². The van der Waals surface area contributed by atoms with Crippen LogP contribution in [0.5, 0.6) is 5.75 Å². The van der Waals surface area contributed by atoms with Gasteiger partial charge in [-0.15, -0.1) is 0 Å². The summed E-state index contributed by atoms with van der Waals surface area (Å²) >= 11 is 0. The zero-order valence-electron chi connectivity index (χ0n) is 19.4. The average Bonchev–Trinajstić information content (AvgIpc) is 3.28. The zero-order valence-corrected chi connectivity index (χ0v) is 19.4. The molecule has 9 nitrogen and oxygen atoms in total. The van der Waals surface area contributed by atoms with Crippen LogP contribution in [0.3, 0.4) is 0 Å². The molecule has 0 aliphatic rings. The van der Waals surface area contributed by atoms with Crippen LogP contribution in [0.2, 0.25) is 0 Å². The molecule has 1 heterocycles. The summed E-state index contributed by atoms with van der Waals surface area (Å²) in [5, 5.41) is 15.1. The molecular formula is C24H33N3O6. The molecule has 180 valence electrons. The summed E-state index contributed by atoms with van der Waals surface area (Å²) in [6, 6.07) is 10.6. The molecule has 3 amide bonds. The number of hydrogen-bond acceptors (Lipinski definition) is 6. The van der Waals surface area contributed by atoms with Gasteiger partial charge in [-0.25, -0.2) is 5.06 Å². The second kappa shape index (κ2) is 13.3. The number of carbonyl (C=O) groups is 3. The number of carbonyl (C=O) groups excluding carboxylic acids is 3. The number of unbranched alkanes of at least 4 members (excludes halogenated alkanes) is 2. The van der Waals surface area contributed by atoms with Crippen molar-refractivity contribution in [3.8, 4) is 17.1 Å². The first-order valence-corrected chi connectivity index (χ1v) is 11.2. The van der Waals surface area contributed by atoms with Crippen molar-refractivity contribution in [2.75, 3.05) is 13.2 Å². The van der Waals surface area contributed by atoms with E-state index in [-0.39, 0.29) is 37.4 Å². The maximum Gasteiger partial charge on any atom is 0.288 e. The van der Waals surface area contributed by atoms with Crippen molar-refractivity contribution in [2.45, 2.75) is 52.6 Å². The molecule has 0 radical (unpaired) electrons. The largest absolute Gasteiger partial charge is 0.491 e. The van der Waals surface area contributed by atoms with E-state index in [2.05, 4.69) is 10.6 Å². The van der Waals surface area contributed by atoms with Crippen molar-refractivity contribution in [3.63, 3.8) is 0 Å². The van der Waals surface area contributed by atoms with E-state index in [1.165, 1.54) is 0 Å². The van der Waals surface area contributed by atoms with Gasteiger partial charge in [0.05, 0.1) is 25.2 Å². The summed E-state index contributed by atoms with van der Waals surface area (Å²) in [7, 11) is 0. The van der Waals surface area contributed by atoms with Crippen LogP contribution in [0.4, 0.5) is 0 Å². The molecule has 2 rings (SSSR count). The number of furan rings is 1. The lowest BCUT2D eigenvalue weighted by Crippen LogP contribution is -2.42. The smallest absolute Gasteiger partial charge is 0.288 e. The molecule has 1 aromatic carbocycles. The topological polar surface area (TPSA) is 121 Å². The minimum Gasteiger partial charge on any atom is -0.491 e. The predicted octanol–water partition coefficient (Wildman–Crippen LogP) is 3.58. The molecule has 3 N–H and O–H groups in total. The summed E-state index contributed by atoms with van der Waals surface area (Å²) < 4.78 is 11.4. The van der Waals surface area contributed by atoms with Gasteiger partial charge in [0.25, 0.3) is 5.91 Å². The fourth-order valence-corrected chi connectivity index (χ4v) is 3.27. The van der Waals surface area contributed by atoms with Gasteiger partial charge >= 0.3 is 0 Å². The molecule has 2 aromatic rings. The van der Waals surface area contributed by atoms with Crippen molar-refractivity contribution in [1.82, 2.24) is 15.7 Å². The van der Waals surface area contributed by atoms with Crippen LogP contribution in [-0.2, 0) is 9.59 Å². The summed E-state index contributed by atoms with van der Waals surface area (Å²) in [5.74, 6) is -0.0660. The molecule has 0 bridgehead atoms. The van der Waals surface area contributed by atoms with Crippen molar-refractivity contribution >= 4 is 18.2 Å². The Bertz CT molecular complexity index is 911. The van der Waals surface area contributed by atoms with Crippen molar-refractivity contribution in [1.29, 1.82) is 0 Å². The van der Waals surface area contributed by atoms with Crippen LogP contribution in [0, 0.1) is 5.92 Å². The van der Waals surface area contributed by atoms with Gasteiger partial charge in [-0.3, -0.25) is 19.6 Å². The maximum absolute atomic E-state index is 12.5. The second-order valence-electron chi connectivity index (χ2n) is 8.00. The Morgan fingerprint density at radius 2 is 1.97 bits per heavy atom. The van der Waals surface area contributed by atoms with Gasteiger partial charge in [0.15, 0.2) is 5.76 Å². The Hall–Kier alpha value is -3.33. The number of hydroxylamine groups is 2. The van der Waals surface area contributed by atoms with Gasteiger partial charge in [0.2, 0.25) is 12.3 Å². The van der Waals surface area contributed by atoms with Gasteiger partial charge in [0.1, 0.15) is 11.5 Å². The van der Waals surface area contributed by atoms with Crippen LogP contribution in [0.25, 0.3) is 11.3 Å². The Labute approximate surface area is 194 Å². The molecule has 1 atom stereocenters. The number of nitrogens with one attached hydrogen (secondary N) is 2. The van der Waals surface area contributed by atoms with Gasteiger partial charge in [-0.2, -0.15) is 0 Å². The van der Waals surface area contributed by atoms with E-state index in [1.807, 2.05) is 45.0 Å². The molecule has 1 aromatic heterocycles. The van der Waals surface area contributed by atoms with Crippen LogP contribution in [-0.4, -0.2) is 47.8 Å². The van der Waals surface area contributed by atoms with Crippen LogP contribution in [0.1, 0.15) is 57.0 Å². The summed E-state index contributed by atoms with van der Waals surface area (Å²) in [6.07, 6.45) is 3.56. The van der Waals surface area contributed by atoms with Crippen LogP contribution < -0.4 is 15.4 Å². The number of benzene rings is 1. The predicted molar refractivity (Wildman–Crippen MR) is 123 cm³/mol. The number of amides is 3. The lowest BCUT2D eigenvalue weighted by Gasteiger charge is -2.19. The highest BCUT2D eigenvalue weighted by Crippen LogP contribution is 2.26. The lowest BCUT2D eigenvalue weighted by atomic mass is 10.0. The quantitative estimate of drug-likeness (QED) is 0.131. The van der Waals surface area contributed by atoms with Gasteiger partial charge in [-0.1, -0.05) is 38.3 Å².